The molecule has 2 aromatic heterocycles. The summed E-state index contributed by atoms with van der Waals surface area (Å²) in [7, 11) is 0. The first-order chi connectivity index (χ1) is 15.4. The van der Waals surface area contributed by atoms with Crippen LogP contribution in [-0.2, 0) is 0 Å². The molecule has 2 amide bonds. The van der Waals surface area contributed by atoms with Crippen molar-refractivity contribution in [3.05, 3.63) is 83.4 Å². The number of ether oxygens (including phenoxy) is 1. The van der Waals surface area contributed by atoms with Crippen molar-refractivity contribution in [1.82, 2.24) is 19.7 Å². The van der Waals surface area contributed by atoms with Gasteiger partial charge < -0.3 is 15.4 Å². The topological polar surface area (TPSA) is 94.0 Å². The molecular weight excluding hydrogens is 404 g/mol. The van der Waals surface area contributed by atoms with Crippen molar-refractivity contribution in [3.8, 4) is 17.4 Å². The molecule has 0 atom stereocenters. The predicted octanol–water partition coefficient (Wildman–Crippen LogP) is 5.33. The maximum Gasteiger partial charge on any atom is 0.323 e. The lowest BCUT2D eigenvalue weighted by Crippen LogP contribution is -2.19. The van der Waals surface area contributed by atoms with Gasteiger partial charge in [0.25, 0.3) is 0 Å². The Morgan fingerprint density at radius 2 is 1.53 bits per heavy atom. The van der Waals surface area contributed by atoms with Gasteiger partial charge in [0.15, 0.2) is 5.82 Å². The van der Waals surface area contributed by atoms with Gasteiger partial charge in [-0.1, -0.05) is 6.07 Å². The minimum Gasteiger partial charge on any atom is -0.438 e. The largest absolute Gasteiger partial charge is 0.438 e. The van der Waals surface area contributed by atoms with Crippen molar-refractivity contribution in [2.45, 2.75) is 27.7 Å². The second-order valence-electron chi connectivity index (χ2n) is 7.60. The molecule has 2 heterocycles. The Hall–Kier alpha value is -4.20. The van der Waals surface area contributed by atoms with Crippen LogP contribution < -0.4 is 15.4 Å². The highest BCUT2D eigenvalue weighted by molar-refractivity contribution is 5.99. The fourth-order valence-electron chi connectivity index (χ4n) is 3.29. The van der Waals surface area contributed by atoms with Crippen LogP contribution in [0, 0.1) is 27.7 Å². The lowest BCUT2D eigenvalue weighted by Gasteiger charge is -2.10. The highest BCUT2D eigenvalue weighted by atomic mass is 16.5. The van der Waals surface area contributed by atoms with Crippen molar-refractivity contribution in [2.24, 2.45) is 0 Å². The summed E-state index contributed by atoms with van der Waals surface area (Å²) in [6.07, 6.45) is 1.72. The van der Waals surface area contributed by atoms with E-state index >= 15 is 0 Å². The summed E-state index contributed by atoms with van der Waals surface area (Å²) in [5.41, 5.74) is 5.54. The van der Waals surface area contributed by atoms with Gasteiger partial charge in [-0.2, -0.15) is 0 Å². The van der Waals surface area contributed by atoms with E-state index in [2.05, 4.69) is 31.9 Å². The zero-order valence-electron chi connectivity index (χ0n) is 18.4. The molecule has 2 aromatic carbocycles. The molecule has 4 aromatic rings. The molecule has 0 aliphatic carbocycles. The molecule has 0 fully saturated rings. The predicted molar refractivity (Wildman–Crippen MR) is 124 cm³/mol. The number of nitrogens with one attached hydrogen (secondary N) is 2. The first-order valence-corrected chi connectivity index (χ1v) is 10.2. The molecule has 0 unspecified atom stereocenters. The van der Waals surface area contributed by atoms with E-state index in [1.165, 1.54) is 0 Å². The minimum atomic E-state index is -0.310. The number of anilines is 2. The van der Waals surface area contributed by atoms with Crippen LogP contribution in [0.1, 0.15) is 22.5 Å². The third-order valence-electron chi connectivity index (χ3n) is 4.94. The second-order valence-corrected chi connectivity index (χ2v) is 7.60. The van der Waals surface area contributed by atoms with E-state index in [1.807, 2.05) is 50.5 Å². The summed E-state index contributed by atoms with van der Waals surface area (Å²) < 4.78 is 7.63. The summed E-state index contributed by atoms with van der Waals surface area (Å²) in [4.78, 5) is 16.5. The second kappa shape index (κ2) is 8.89. The van der Waals surface area contributed by atoms with E-state index in [-0.39, 0.29) is 6.03 Å². The number of nitrogens with zero attached hydrogens (tertiary/aromatic N) is 4. The molecule has 0 radical (unpaired) electrons. The lowest BCUT2D eigenvalue weighted by atomic mass is 10.1. The van der Waals surface area contributed by atoms with Crippen LogP contribution in [0.5, 0.6) is 11.6 Å². The van der Waals surface area contributed by atoms with Crippen LogP contribution in [0.4, 0.5) is 16.2 Å². The monoisotopic (exact) mass is 428 g/mol. The molecule has 0 aliphatic rings. The van der Waals surface area contributed by atoms with Gasteiger partial charge in [0.2, 0.25) is 5.88 Å². The van der Waals surface area contributed by atoms with Crippen LogP contribution >= 0.6 is 0 Å². The van der Waals surface area contributed by atoms with Crippen molar-refractivity contribution in [1.29, 1.82) is 0 Å². The van der Waals surface area contributed by atoms with Gasteiger partial charge in [0, 0.05) is 23.1 Å². The van der Waals surface area contributed by atoms with Crippen LogP contribution in [0.3, 0.4) is 0 Å². The number of aromatic nitrogens is 4. The highest BCUT2D eigenvalue weighted by Crippen LogP contribution is 2.22. The van der Waals surface area contributed by atoms with Crippen molar-refractivity contribution >= 4 is 17.4 Å². The SMILES string of the molecule is Cc1cc(C)cc(NC(=O)Nc2ccc(Oc3ccc(-n4cnc(C)c4C)nn3)cc2)c1. The third-order valence-corrected chi connectivity index (χ3v) is 4.94. The van der Waals surface area contributed by atoms with Crippen LogP contribution in [0.15, 0.2) is 60.9 Å². The molecule has 0 saturated heterocycles. The van der Waals surface area contributed by atoms with Gasteiger partial charge in [-0.15, -0.1) is 10.2 Å². The van der Waals surface area contributed by atoms with E-state index in [0.717, 1.165) is 28.2 Å². The van der Waals surface area contributed by atoms with Gasteiger partial charge in [0.05, 0.1) is 5.69 Å². The Morgan fingerprint density at radius 3 is 2.12 bits per heavy atom. The Balaban J connectivity index is 1.36. The maximum atomic E-state index is 12.3. The molecular formula is C24H24N6O2. The summed E-state index contributed by atoms with van der Waals surface area (Å²) in [5, 5.41) is 14.0. The fourth-order valence-corrected chi connectivity index (χ4v) is 3.29. The average Bonchev–Trinajstić information content (AvgIpc) is 3.08. The standard InChI is InChI=1S/C24H24N6O2/c1-15-11-16(2)13-20(12-15)27-24(31)26-19-5-7-21(8-6-19)32-23-10-9-22(28-29-23)30-14-25-17(3)18(30)4/h5-14H,1-4H3,(H2,26,27,31). The number of carbonyl (C=O) groups is 1. The van der Waals surface area contributed by atoms with Crippen LogP contribution in [-0.4, -0.2) is 25.8 Å². The van der Waals surface area contributed by atoms with Crippen molar-refractivity contribution in [3.63, 3.8) is 0 Å². The lowest BCUT2D eigenvalue weighted by molar-refractivity contribution is 0.262. The van der Waals surface area contributed by atoms with Gasteiger partial charge in [0.1, 0.15) is 12.1 Å². The maximum absolute atomic E-state index is 12.3. The number of imidazole rings is 1. The molecule has 8 nitrogen and oxygen atoms in total. The summed E-state index contributed by atoms with van der Waals surface area (Å²) in [6.45, 7) is 7.91. The number of rotatable bonds is 5. The molecule has 0 spiro atoms. The number of benzene rings is 2. The molecule has 0 bridgehead atoms. The Labute approximate surface area is 186 Å². The summed E-state index contributed by atoms with van der Waals surface area (Å²) in [6, 6.07) is 16.2. The highest BCUT2D eigenvalue weighted by Gasteiger charge is 2.08. The molecule has 32 heavy (non-hydrogen) atoms. The zero-order chi connectivity index (χ0) is 22.7. The summed E-state index contributed by atoms with van der Waals surface area (Å²) in [5.74, 6) is 1.63. The van der Waals surface area contributed by atoms with E-state index in [4.69, 9.17) is 4.74 Å². The van der Waals surface area contributed by atoms with Crippen LogP contribution in [0.25, 0.3) is 5.82 Å². The fraction of sp³-hybridized carbons (Fsp3) is 0.167. The Bertz CT molecular complexity index is 1230. The van der Waals surface area contributed by atoms with E-state index in [0.29, 0.717) is 23.1 Å². The number of hydrogen-bond acceptors (Lipinski definition) is 5. The summed E-state index contributed by atoms with van der Waals surface area (Å²) >= 11 is 0. The number of aryl methyl sites for hydroxylation is 3. The third kappa shape index (κ3) is 4.92. The van der Waals surface area contributed by atoms with E-state index < -0.39 is 0 Å². The van der Waals surface area contributed by atoms with Crippen LogP contribution in [0.2, 0.25) is 0 Å². The number of carbonyl (C=O) groups excluding carboxylic acids is 1. The van der Waals surface area contributed by atoms with Gasteiger partial charge in [-0.05, 0) is 81.3 Å². The molecule has 0 saturated carbocycles. The number of urea groups is 1. The molecule has 0 aliphatic heterocycles. The molecule has 8 heteroatoms. The number of amides is 2. The minimum absolute atomic E-state index is 0.310. The quantitative estimate of drug-likeness (QED) is 0.448. The molecule has 4 rings (SSSR count). The average molecular weight is 428 g/mol. The molecule has 162 valence electrons. The van der Waals surface area contributed by atoms with Gasteiger partial charge >= 0.3 is 6.03 Å². The smallest absolute Gasteiger partial charge is 0.323 e. The van der Waals surface area contributed by atoms with E-state index in [9.17, 15) is 4.79 Å². The van der Waals surface area contributed by atoms with Gasteiger partial charge in [-0.25, -0.2) is 9.78 Å². The van der Waals surface area contributed by atoms with Gasteiger partial charge in [-0.3, -0.25) is 4.57 Å². The number of hydrogen-bond donors (Lipinski definition) is 2. The first kappa shape index (κ1) is 21.0. The first-order valence-electron chi connectivity index (χ1n) is 10.2. The molecule has 2 N–H and O–H groups in total. The Kier molecular flexibility index (Phi) is 5.85. The van der Waals surface area contributed by atoms with Crippen molar-refractivity contribution in [2.75, 3.05) is 10.6 Å². The van der Waals surface area contributed by atoms with E-state index in [1.54, 1.807) is 36.7 Å². The zero-order valence-corrected chi connectivity index (χ0v) is 18.4. The normalized spacial score (nSPS) is 10.6. The van der Waals surface area contributed by atoms with Crippen molar-refractivity contribution < 1.29 is 9.53 Å². The Morgan fingerprint density at radius 1 is 0.844 bits per heavy atom.